The van der Waals surface area contributed by atoms with E-state index in [9.17, 15) is 41.9 Å². The van der Waals surface area contributed by atoms with Gasteiger partial charge in [-0.05, 0) is 138 Å². The molecular weight excluding hydrogens is 1370 g/mol. The maximum atomic E-state index is 15.8. The van der Waals surface area contributed by atoms with E-state index in [1.165, 1.54) is 86.4 Å². The van der Waals surface area contributed by atoms with E-state index >= 15 is 28.8 Å². The summed E-state index contributed by atoms with van der Waals surface area (Å²) < 4.78 is 42.3. The monoisotopic (exact) mass is 1490 g/mol. The summed E-state index contributed by atoms with van der Waals surface area (Å²) in [6.45, 7) is 14.3. The average molecular weight is 1490 g/mol. The molecule has 28 heteroatoms. The highest BCUT2D eigenvalue weighted by Gasteiger charge is 2.59. The van der Waals surface area contributed by atoms with E-state index in [-0.39, 0.29) is 108 Å². The topological polar surface area (TPSA) is 270 Å². The lowest BCUT2D eigenvalue weighted by atomic mass is 9.58. The fraction of sp³-hybridized carbons (Fsp3) is 0.816. The van der Waals surface area contributed by atoms with Crippen LogP contribution in [0.3, 0.4) is 0 Å². The van der Waals surface area contributed by atoms with Gasteiger partial charge in [0.25, 0.3) is 0 Å². The molecule has 586 valence electrons. The van der Waals surface area contributed by atoms with Crippen LogP contribution < -0.4 is 16.0 Å². The molecule has 3 unspecified atom stereocenters. The van der Waals surface area contributed by atoms with Crippen molar-refractivity contribution in [2.24, 2.45) is 46.8 Å². The van der Waals surface area contributed by atoms with Crippen LogP contribution in [0.25, 0.3) is 0 Å². The lowest BCUT2D eigenvalue weighted by molar-refractivity contribution is -0.182. The molecule has 7 aliphatic rings. The highest BCUT2D eigenvalue weighted by Crippen LogP contribution is 2.50. The van der Waals surface area contributed by atoms with Gasteiger partial charge in [0, 0.05) is 74.3 Å². The van der Waals surface area contributed by atoms with Gasteiger partial charge < -0.3 is 60.0 Å². The third kappa shape index (κ3) is 20.4. The van der Waals surface area contributed by atoms with Crippen LogP contribution in [-0.2, 0) is 57.5 Å². The van der Waals surface area contributed by atoms with Gasteiger partial charge >= 0.3 is 6.18 Å². The van der Waals surface area contributed by atoms with Crippen LogP contribution in [0.15, 0.2) is 12.2 Å². The molecule has 3 aliphatic heterocycles. The van der Waals surface area contributed by atoms with E-state index in [1.807, 2.05) is 40.7 Å². The highest BCUT2D eigenvalue weighted by molar-refractivity contribution is 6.21. The summed E-state index contributed by atoms with van der Waals surface area (Å²) in [5.74, 6) is -10.4. The fourth-order valence-electron chi connectivity index (χ4n) is 17.6. The molecule has 1 spiro atoms. The third-order valence-corrected chi connectivity index (χ3v) is 24.7. The molecular formula is C76H122ClF3N12O12. The standard InChI is InChI=1S/C76H122ClF3N12O12/c1-16-24-55-65(96)82-63(48(6)17-2)71(102)86(11)43-62(95)88(13)56-27-20-19-23-36-91(70(56)101)59(39-50-30-28-46(4)29-31-50)69(100)85(10)42-60(93)81-54(35-33-49-32-34-52(53(77)38-49)76(78,79)80)67(98)92-41-47(5)37-57(92)66(97)83-75(44-74(7,8)45-75)73(104)90(15)64(51-25-21-22-26-51)72(103)89(14)58(40-61(94)87(55)12)68(99)84(9)18-3/h19-20,46-59,63-64H,16-18,21-45H2,1-15H3,(H,81,93)(H,82,96)(H,83,97)/b20-19-/t46?,47-,48+,49?,50?,52?,53?,54+,55+,56+,57+,58+,59+,63+,64+/m1/s1. The van der Waals surface area contributed by atoms with Crippen LogP contribution >= 0.6 is 11.6 Å². The molecule has 7 rings (SSSR count). The first kappa shape index (κ1) is 84.7. The first-order valence-electron chi connectivity index (χ1n) is 38.5. The van der Waals surface area contributed by atoms with Crippen molar-refractivity contribution >= 4 is 82.5 Å². The number of rotatable bonds is 12. The second-order valence-corrected chi connectivity index (χ2v) is 33.5. The van der Waals surface area contributed by atoms with Crippen LogP contribution in [0.4, 0.5) is 13.2 Å². The number of carbonyl (C=O) groups is 12. The Morgan fingerprint density at radius 2 is 1.30 bits per heavy atom. The number of hydrogen-bond donors (Lipinski definition) is 3. The van der Waals surface area contributed by atoms with Crippen LogP contribution in [0, 0.1) is 46.8 Å². The average Bonchev–Trinajstić information content (AvgIpc) is 0.943. The normalized spacial score (nSPS) is 32.3. The number of likely N-dealkylation sites (N-methyl/N-ethyl adjacent to an activating group) is 7. The Bertz CT molecular complexity index is 3120. The minimum Gasteiger partial charge on any atom is -0.344 e. The summed E-state index contributed by atoms with van der Waals surface area (Å²) in [7, 11) is 10.2. The molecule has 0 aromatic rings. The second-order valence-electron chi connectivity index (χ2n) is 32.9. The lowest BCUT2D eigenvalue weighted by Crippen LogP contribution is -2.71. The molecule has 3 heterocycles. The molecule has 3 N–H and O–H groups in total. The van der Waals surface area contributed by atoms with Gasteiger partial charge in [-0.15, -0.1) is 11.6 Å². The molecule has 0 aromatic carbocycles. The first-order valence-corrected chi connectivity index (χ1v) is 38.9. The number of amides is 12. The van der Waals surface area contributed by atoms with Crippen molar-refractivity contribution in [3.8, 4) is 0 Å². The van der Waals surface area contributed by atoms with Gasteiger partial charge in [-0.3, -0.25) is 57.5 Å². The summed E-state index contributed by atoms with van der Waals surface area (Å²) in [6.07, 6.45) is 6.48. The zero-order valence-electron chi connectivity index (χ0n) is 64.6. The van der Waals surface area contributed by atoms with E-state index in [0.29, 0.717) is 38.0 Å². The van der Waals surface area contributed by atoms with Gasteiger partial charge in [0.2, 0.25) is 70.9 Å². The summed E-state index contributed by atoms with van der Waals surface area (Å²) in [4.78, 5) is 194. The Kier molecular flexibility index (Phi) is 29.6. The van der Waals surface area contributed by atoms with Gasteiger partial charge in [0.1, 0.15) is 53.9 Å². The predicted octanol–water partition coefficient (Wildman–Crippen LogP) is 7.14. The molecule has 4 saturated carbocycles. The largest absolute Gasteiger partial charge is 0.393 e. The van der Waals surface area contributed by atoms with E-state index in [4.69, 9.17) is 11.6 Å². The third-order valence-electron chi connectivity index (χ3n) is 24.2. The second kappa shape index (κ2) is 36.4. The SMILES string of the molecule is CCC[C@H]1C(=O)N[C@@H]([C@@H](C)CC)C(=O)N(C)CC(=O)N(C)[C@H]2C/C=C\CCN(C2=O)[C@@H](CC2CCC(C)CC2)C(=O)N(C)CC(=O)N[C@@H](CCC2CCC(C(F)(F)F)C(Cl)C2)C(=O)N2C[C@H](C)C[C@H]2C(=O)NC2(CC(C)(C)C2)C(=O)N(C)[C@@H](C2CCCC2)C(=O)N(C)[C@H](C(=O)N(C)CC)CC(=O)N1C. The summed E-state index contributed by atoms with van der Waals surface area (Å²) >= 11 is 6.46. The van der Waals surface area contributed by atoms with Crippen molar-refractivity contribution < 1.29 is 70.7 Å². The molecule has 4 aliphatic carbocycles. The van der Waals surface area contributed by atoms with Crippen LogP contribution in [0.1, 0.15) is 203 Å². The molecule has 6 fully saturated rings. The van der Waals surface area contributed by atoms with Gasteiger partial charge in [0.05, 0.1) is 25.4 Å². The van der Waals surface area contributed by atoms with E-state index < -0.39 is 179 Å². The van der Waals surface area contributed by atoms with Crippen LogP contribution in [0.2, 0.25) is 0 Å². The molecule has 2 bridgehead atoms. The van der Waals surface area contributed by atoms with Crippen LogP contribution in [0.5, 0.6) is 0 Å². The smallest absolute Gasteiger partial charge is 0.344 e. The predicted molar refractivity (Wildman–Crippen MR) is 388 cm³/mol. The van der Waals surface area contributed by atoms with Crippen molar-refractivity contribution in [3.05, 3.63) is 12.2 Å². The van der Waals surface area contributed by atoms with Gasteiger partial charge in [-0.2, -0.15) is 13.2 Å². The minimum absolute atomic E-state index is 0.00551. The van der Waals surface area contributed by atoms with Crippen molar-refractivity contribution in [1.82, 2.24) is 60.0 Å². The van der Waals surface area contributed by atoms with Gasteiger partial charge in [-0.25, -0.2) is 0 Å². The Morgan fingerprint density at radius 1 is 0.663 bits per heavy atom. The quantitative estimate of drug-likeness (QED) is 0.130. The zero-order chi connectivity index (χ0) is 77.2. The number of carbonyl (C=O) groups excluding carboxylic acids is 12. The summed E-state index contributed by atoms with van der Waals surface area (Å²) in [5, 5.41) is 7.67. The zero-order valence-corrected chi connectivity index (χ0v) is 65.4. The molecule has 2 saturated heterocycles. The molecule has 24 nitrogen and oxygen atoms in total. The highest BCUT2D eigenvalue weighted by atomic mass is 35.5. The van der Waals surface area contributed by atoms with E-state index in [0.717, 1.165) is 38.5 Å². The maximum Gasteiger partial charge on any atom is 0.393 e. The summed E-state index contributed by atoms with van der Waals surface area (Å²) in [5.41, 5.74) is -2.10. The van der Waals surface area contributed by atoms with Crippen LogP contribution in [-0.4, -0.2) is 262 Å². The lowest BCUT2D eigenvalue weighted by Gasteiger charge is -2.54. The molecule has 104 heavy (non-hydrogen) atoms. The van der Waals surface area contributed by atoms with Crippen molar-refractivity contribution in [2.75, 3.05) is 82.1 Å². The Balaban J connectivity index is 1.31. The van der Waals surface area contributed by atoms with Crippen molar-refractivity contribution in [1.29, 1.82) is 0 Å². The number of fused-ring (bicyclic) bond motifs is 3. The molecule has 0 aromatic heterocycles. The van der Waals surface area contributed by atoms with Gasteiger partial charge in [-0.1, -0.05) is 112 Å². The van der Waals surface area contributed by atoms with Crippen molar-refractivity contribution in [3.63, 3.8) is 0 Å². The van der Waals surface area contributed by atoms with E-state index in [1.54, 1.807) is 27.0 Å². The number of hydrogen-bond acceptors (Lipinski definition) is 12. The molecule has 13 atom stereocenters. The Hall–Kier alpha value is -6.54. The number of alkyl halides is 4. The number of halogens is 4. The molecule has 0 radical (unpaired) electrons. The Morgan fingerprint density at radius 3 is 1.89 bits per heavy atom. The number of nitrogens with zero attached hydrogens (tertiary/aromatic N) is 9. The molecule has 12 amide bonds. The maximum absolute atomic E-state index is 15.8. The Labute approximate surface area is 620 Å². The van der Waals surface area contributed by atoms with Gasteiger partial charge in [0.15, 0.2) is 0 Å². The minimum atomic E-state index is -4.52. The fourth-order valence-corrected chi connectivity index (χ4v) is 18.1. The number of nitrogens with one attached hydrogen (secondary N) is 3. The van der Waals surface area contributed by atoms with E-state index in [2.05, 4.69) is 22.9 Å². The van der Waals surface area contributed by atoms with Crippen molar-refractivity contribution in [2.45, 2.75) is 268 Å². The summed E-state index contributed by atoms with van der Waals surface area (Å²) in [6, 6.07) is -9.84. The first-order chi connectivity index (χ1) is 48.8.